The van der Waals surface area contributed by atoms with Gasteiger partial charge in [0.1, 0.15) is 5.52 Å². The number of amides is 1. The Morgan fingerprint density at radius 3 is 2.52 bits per heavy atom. The van der Waals surface area contributed by atoms with E-state index in [9.17, 15) is 4.79 Å². The van der Waals surface area contributed by atoms with Crippen LogP contribution in [0.4, 0.5) is 10.8 Å². The van der Waals surface area contributed by atoms with Gasteiger partial charge in [-0.1, -0.05) is 34.5 Å². The van der Waals surface area contributed by atoms with Crippen molar-refractivity contribution in [3.63, 3.8) is 0 Å². The second-order valence-electron chi connectivity index (χ2n) is 5.15. The SMILES string of the molecule is CN(C)c1ccc(C(=O)Nc2nc3c(Cl)cc(Cl)cc3s2)cc1. The van der Waals surface area contributed by atoms with Gasteiger partial charge in [0.05, 0.1) is 9.72 Å². The van der Waals surface area contributed by atoms with Crippen molar-refractivity contribution in [2.24, 2.45) is 0 Å². The number of hydrogen-bond donors (Lipinski definition) is 1. The zero-order chi connectivity index (χ0) is 16.6. The first-order chi connectivity index (χ1) is 10.9. The second kappa shape index (κ2) is 6.35. The zero-order valence-corrected chi connectivity index (χ0v) is 14.8. The smallest absolute Gasteiger partial charge is 0.257 e. The molecule has 3 rings (SSSR count). The van der Waals surface area contributed by atoms with E-state index in [4.69, 9.17) is 23.2 Å². The Morgan fingerprint density at radius 2 is 1.87 bits per heavy atom. The molecule has 0 aliphatic heterocycles. The number of hydrogen-bond acceptors (Lipinski definition) is 4. The molecule has 0 fully saturated rings. The Balaban J connectivity index is 1.83. The summed E-state index contributed by atoms with van der Waals surface area (Å²) in [5.74, 6) is -0.211. The molecule has 118 valence electrons. The molecule has 0 saturated carbocycles. The molecular formula is C16H13Cl2N3OS. The van der Waals surface area contributed by atoms with Crippen LogP contribution in [-0.2, 0) is 0 Å². The van der Waals surface area contributed by atoms with Crippen molar-refractivity contribution in [3.05, 3.63) is 52.0 Å². The van der Waals surface area contributed by atoms with Crippen LogP contribution < -0.4 is 10.2 Å². The maximum Gasteiger partial charge on any atom is 0.257 e. The molecule has 1 aromatic heterocycles. The quantitative estimate of drug-likeness (QED) is 0.716. The molecule has 0 bridgehead atoms. The number of thiazole rings is 1. The first kappa shape index (κ1) is 16.1. The first-order valence-corrected chi connectivity index (χ1v) is 8.35. The van der Waals surface area contributed by atoms with E-state index >= 15 is 0 Å². The molecular weight excluding hydrogens is 353 g/mol. The zero-order valence-electron chi connectivity index (χ0n) is 12.4. The maximum absolute atomic E-state index is 12.3. The highest BCUT2D eigenvalue weighted by molar-refractivity contribution is 7.22. The van der Waals surface area contributed by atoms with Crippen molar-refractivity contribution < 1.29 is 4.79 Å². The summed E-state index contributed by atoms with van der Waals surface area (Å²) in [6, 6.07) is 10.8. The Morgan fingerprint density at radius 1 is 1.17 bits per heavy atom. The third kappa shape index (κ3) is 3.42. The summed E-state index contributed by atoms with van der Waals surface area (Å²) in [6.07, 6.45) is 0. The van der Waals surface area contributed by atoms with Crippen LogP contribution in [0, 0.1) is 0 Å². The van der Waals surface area contributed by atoms with Crippen molar-refractivity contribution in [1.29, 1.82) is 0 Å². The third-order valence-corrected chi connectivity index (χ3v) is 4.70. The molecule has 0 saturated heterocycles. The Bertz CT molecular complexity index is 875. The van der Waals surface area contributed by atoms with Gasteiger partial charge < -0.3 is 4.90 Å². The van der Waals surface area contributed by atoms with Crippen LogP contribution in [0.1, 0.15) is 10.4 Å². The van der Waals surface area contributed by atoms with Crippen molar-refractivity contribution in [2.45, 2.75) is 0 Å². The molecule has 3 aromatic rings. The second-order valence-corrected chi connectivity index (χ2v) is 7.02. The largest absolute Gasteiger partial charge is 0.378 e. The number of rotatable bonds is 3. The van der Waals surface area contributed by atoms with E-state index in [-0.39, 0.29) is 5.91 Å². The van der Waals surface area contributed by atoms with E-state index in [1.807, 2.05) is 31.1 Å². The number of nitrogens with zero attached hydrogens (tertiary/aromatic N) is 2. The molecule has 4 nitrogen and oxygen atoms in total. The van der Waals surface area contributed by atoms with Crippen LogP contribution in [0.25, 0.3) is 10.2 Å². The van der Waals surface area contributed by atoms with Gasteiger partial charge in [-0.25, -0.2) is 4.98 Å². The number of carbonyl (C=O) groups is 1. The van der Waals surface area contributed by atoms with Crippen LogP contribution in [-0.4, -0.2) is 25.0 Å². The molecule has 0 spiro atoms. The van der Waals surface area contributed by atoms with Gasteiger partial charge in [0.25, 0.3) is 5.91 Å². The van der Waals surface area contributed by atoms with Gasteiger partial charge in [0.2, 0.25) is 0 Å². The van der Waals surface area contributed by atoms with E-state index in [1.54, 1.807) is 24.3 Å². The maximum atomic E-state index is 12.3. The number of fused-ring (bicyclic) bond motifs is 1. The molecule has 23 heavy (non-hydrogen) atoms. The lowest BCUT2D eigenvalue weighted by Gasteiger charge is -2.12. The van der Waals surface area contributed by atoms with Crippen molar-refractivity contribution in [1.82, 2.24) is 4.98 Å². The van der Waals surface area contributed by atoms with Crippen LogP contribution in [0.15, 0.2) is 36.4 Å². The minimum absolute atomic E-state index is 0.211. The van der Waals surface area contributed by atoms with Gasteiger partial charge in [0.15, 0.2) is 5.13 Å². The Labute approximate surface area is 147 Å². The normalized spacial score (nSPS) is 10.8. The topological polar surface area (TPSA) is 45.2 Å². The lowest BCUT2D eigenvalue weighted by molar-refractivity contribution is 0.102. The highest BCUT2D eigenvalue weighted by Crippen LogP contribution is 2.33. The number of nitrogens with one attached hydrogen (secondary N) is 1. The van der Waals surface area contributed by atoms with Crippen LogP contribution in [0.3, 0.4) is 0 Å². The van der Waals surface area contributed by atoms with Crippen molar-refractivity contribution >= 4 is 61.5 Å². The minimum atomic E-state index is -0.211. The molecule has 7 heteroatoms. The monoisotopic (exact) mass is 365 g/mol. The summed E-state index contributed by atoms with van der Waals surface area (Å²) in [7, 11) is 3.90. The van der Waals surface area contributed by atoms with E-state index in [1.165, 1.54) is 11.3 Å². The van der Waals surface area contributed by atoms with Gasteiger partial charge in [-0.15, -0.1) is 0 Å². The van der Waals surface area contributed by atoms with Gasteiger partial charge in [-0.3, -0.25) is 10.1 Å². The summed E-state index contributed by atoms with van der Waals surface area (Å²) in [5.41, 5.74) is 2.24. The Kier molecular flexibility index (Phi) is 4.43. The third-order valence-electron chi connectivity index (χ3n) is 3.28. The lowest BCUT2D eigenvalue weighted by Crippen LogP contribution is -2.13. The molecule has 0 unspecified atom stereocenters. The molecule has 1 heterocycles. The number of anilines is 2. The fourth-order valence-electron chi connectivity index (χ4n) is 2.09. The molecule has 0 radical (unpaired) electrons. The summed E-state index contributed by atoms with van der Waals surface area (Å²) in [5, 5.41) is 4.30. The average Bonchev–Trinajstić information content (AvgIpc) is 2.90. The van der Waals surface area contributed by atoms with Crippen molar-refractivity contribution in [2.75, 3.05) is 24.3 Å². The predicted octanol–water partition coefficient (Wildman–Crippen LogP) is 4.92. The highest BCUT2D eigenvalue weighted by atomic mass is 35.5. The number of benzene rings is 2. The standard InChI is InChI=1S/C16H13Cl2N3OS/c1-21(2)11-5-3-9(4-6-11)15(22)20-16-19-14-12(18)7-10(17)8-13(14)23-16/h3-8H,1-2H3,(H,19,20,22). The molecule has 2 aromatic carbocycles. The predicted molar refractivity (Wildman–Crippen MR) is 98.4 cm³/mol. The van der Waals surface area contributed by atoms with Gasteiger partial charge in [-0.05, 0) is 36.4 Å². The summed E-state index contributed by atoms with van der Waals surface area (Å²) in [4.78, 5) is 18.6. The van der Waals surface area contributed by atoms with Crippen molar-refractivity contribution in [3.8, 4) is 0 Å². The number of carbonyl (C=O) groups excluding carboxylic acids is 1. The highest BCUT2D eigenvalue weighted by Gasteiger charge is 2.12. The fraction of sp³-hybridized carbons (Fsp3) is 0.125. The van der Waals surface area contributed by atoms with Crippen LogP contribution in [0.5, 0.6) is 0 Å². The van der Waals surface area contributed by atoms with E-state index in [2.05, 4.69) is 10.3 Å². The summed E-state index contributed by atoms with van der Waals surface area (Å²) >= 11 is 13.4. The van der Waals surface area contributed by atoms with E-state index in [0.29, 0.717) is 26.3 Å². The van der Waals surface area contributed by atoms with E-state index < -0.39 is 0 Å². The van der Waals surface area contributed by atoms with Crippen LogP contribution in [0.2, 0.25) is 10.0 Å². The minimum Gasteiger partial charge on any atom is -0.378 e. The molecule has 0 aliphatic rings. The van der Waals surface area contributed by atoms with Gasteiger partial charge >= 0.3 is 0 Å². The summed E-state index contributed by atoms with van der Waals surface area (Å²) < 4.78 is 0.834. The Hall–Kier alpha value is -1.82. The number of aromatic nitrogens is 1. The molecule has 0 aliphatic carbocycles. The van der Waals surface area contributed by atoms with Gasteiger partial charge in [-0.2, -0.15) is 0 Å². The summed E-state index contributed by atoms with van der Waals surface area (Å²) in [6.45, 7) is 0. The molecule has 1 N–H and O–H groups in total. The van der Waals surface area contributed by atoms with Crippen LogP contribution >= 0.6 is 34.5 Å². The average molecular weight is 366 g/mol. The van der Waals surface area contributed by atoms with Gasteiger partial charge in [0, 0.05) is 30.4 Å². The van der Waals surface area contributed by atoms with E-state index in [0.717, 1.165) is 10.4 Å². The lowest BCUT2D eigenvalue weighted by atomic mass is 10.2. The fourth-order valence-corrected chi connectivity index (χ4v) is 3.67. The molecule has 1 amide bonds. The number of halogens is 2. The molecule has 0 atom stereocenters. The first-order valence-electron chi connectivity index (χ1n) is 6.78.